The molecule has 0 aliphatic heterocycles. The Hall–Kier alpha value is -1.32. The van der Waals surface area contributed by atoms with E-state index < -0.39 is 0 Å². The summed E-state index contributed by atoms with van der Waals surface area (Å²) < 4.78 is 1.94. The molecule has 2 unspecified atom stereocenters. The number of hydrogen-bond donors (Lipinski definition) is 1. The zero-order valence-corrected chi connectivity index (χ0v) is 13.5. The highest BCUT2D eigenvalue weighted by atomic mass is 35.5. The third kappa shape index (κ3) is 3.05. The Morgan fingerprint density at radius 1 is 1.10 bits per heavy atom. The lowest BCUT2D eigenvalue weighted by Gasteiger charge is -2.21. The van der Waals surface area contributed by atoms with Crippen molar-refractivity contribution in [3.8, 4) is 0 Å². The van der Waals surface area contributed by atoms with Gasteiger partial charge in [0.05, 0.1) is 5.69 Å². The predicted octanol–water partition coefficient (Wildman–Crippen LogP) is 4.10. The van der Waals surface area contributed by atoms with E-state index in [2.05, 4.69) is 50.2 Å². The second-order valence-electron chi connectivity index (χ2n) is 5.37. The highest BCUT2D eigenvalue weighted by molar-refractivity contribution is 6.30. The Kier molecular flexibility index (Phi) is 4.51. The Labute approximate surface area is 126 Å². The van der Waals surface area contributed by atoms with Crippen LogP contribution < -0.4 is 5.32 Å². The number of nitrogens with zero attached hydrogens (tertiary/aromatic N) is 2. The van der Waals surface area contributed by atoms with Gasteiger partial charge in [0, 0.05) is 35.4 Å². The van der Waals surface area contributed by atoms with Crippen LogP contribution in [0.5, 0.6) is 0 Å². The van der Waals surface area contributed by atoms with E-state index in [1.165, 1.54) is 16.8 Å². The first kappa shape index (κ1) is 15.1. The second-order valence-corrected chi connectivity index (χ2v) is 5.81. The van der Waals surface area contributed by atoms with E-state index in [4.69, 9.17) is 11.6 Å². The zero-order valence-electron chi connectivity index (χ0n) is 12.7. The lowest BCUT2D eigenvalue weighted by molar-refractivity contribution is 0.491. The van der Waals surface area contributed by atoms with Gasteiger partial charge in [-0.05, 0) is 45.4 Å². The summed E-state index contributed by atoms with van der Waals surface area (Å²) in [7, 11) is 1.99. The van der Waals surface area contributed by atoms with E-state index in [0.29, 0.717) is 0 Å². The van der Waals surface area contributed by atoms with Gasteiger partial charge in [-0.15, -0.1) is 0 Å². The van der Waals surface area contributed by atoms with Crippen LogP contribution in [0.15, 0.2) is 24.3 Å². The van der Waals surface area contributed by atoms with Crippen LogP contribution in [0.1, 0.15) is 48.4 Å². The van der Waals surface area contributed by atoms with Crippen LogP contribution >= 0.6 is 11.6 Å². The summed E-state index contributed by atoms with van der Waals surface area (Å²) in [5, 5.41) is 8.88. The average Bonchev–Trinajstić information content (AvgIpc) is 2.63. The van der Waals surface area contributed by atoms with Crippen LogP contribution in [0, 0.1) is 13.8 Å². The minimum Gasteiger partial charge on any atom is -0.304 e. The molecule has 20 heavy (non-hydrogen) atoms. The summed E-state index contributed by atoms with van der Waals surface area (Å²) in [6, 6.07) is 8.52. The zero-order chi connectivity index (χ0) is 14.9. The summed E-state index contributed by atoms with van der Waals surface area (Å²) in [6.45, 7) is 8.53. The van der Waals surface area contributed by atoms with Crippen molar-refractivity contribution >= 4 is 11.6 Å². The molecule has 0 fully saturated rings. The van der Waals surface area contributed by atoms with Crippen LogP contribution in [-0.2, 0) is 7.05 Å². The van der Waals surface area contributed by atoms with Crippen molar-refractivity contribution in [1.29, 1.82) is 0 Å². The molecule has 4 heteroatoms. The Morgan fingerprint density at radius 3 is 2.20 bits per heavy atom. The van der Waals surface area contributed by atoms with Crippen LogP contribution in [-0.4, -0.2) is 9.78 Å². The smallest absolute Gasteiger partial charge is 0.0644 e. The van der Waals surface area contributed by atoms with Gasteiger partial charge in [0.1, 0.15) is 0 Å². The number of aryl methyl sites for hydroxylation is 2. The monoisotopic (exact) mass is 291 g/mol. The van der Waals surface area contributed by atoms with Crippen molar-refractivity contribution in [2.24, 2.45) is 7.05 Å². The summed E-state index contributed by atoms with van der Waals surface area (Å²) in [6.07, 6.45) is 0. The molecule has 3 nitrogen and oxygen atoms in total. The molecule has 0 saturated heterocycles. The lowest BCUT2D eigenvalue weighted by Crippen LogP contribution is -2.23. The minimum absolute atomic E-state index is 0.259. The quantitative estimate of drug-likeness (QED) is 0.919. The van der Waals surface area contributed by atoms with Crippen LogP contribution in [0.3, 0.4) is 0 Å². The Bertz CT molecular complexity index is 587. The molecule has 0 bridgehead atoms. The standard InChI is InChI=1S/C16H22ClN3/c1-10(14-6-8-15(17)9-7-14)18-11(2)16-12(3)19-20(5)13(16)4/h6-11,18H,1-5H3. The average molecular weight is 292 g/mol. The van der Waals surface area contributed by atoms with Crippen molar-refractivity contribution < 1.29 is 0 Å². The SMILES string of the molecule is Cc1nn(C)c(C)c1C(C)NC(C)c1ccc(Cl)cc1. The summed E-state index contributed by atoms with van der Waals surface area (Å²) >= 11 is 5.93. The van der Waals surface area contributed by atoms with E-state index in [0.717, 1.165) is 10.7 Å². The normalized spacial score (nSPS) is 14.3. The second kappa shape index (κ2) is 5.98. The molecule has 1 N–H and O–H groups in total. The van der Waals surface area contributed by atoms with Gasteiger partial charge >= 0.3 is 0 Å². The molecule has 0 spiro atoms. The van der Waals surface area contributed by atoms with E-state index in [9.17, 15) is 0 Å². The minimum atomic E-state index is 0.259. The largest absolute Gasteiger partial charge is 0.304 e. The van der Waals surface area contributed by atoms with Crippen LogP contribution in [0.25, 0.3) is 0 Å². The third-order valence-electron chi connectivity index (χ3n) is 3.87. The Balaban J connectivity index is 2.14. The van der Waals surface area contributed by atoms with E-state index in [1.54, 1.807) is 0 Å². The molecule has 1 heterocycles. The predicted molar refractivity (Wildman–Crippen MR) is 84.1 cm³/mol. The molecule has 2 rings (SSSR count). The molecule has 108 valence electrons. The van der Waals surface area contributed by atoms with Gasteiger partial charge in [0.15, 0.2) is 0 Å². The van der Waals surface area contributed by atoms with Gasteiger partial charge < -0.3 is 5.32 Å². The topological polar surface area (TPSA) is 29.9 Å². The maximum Gasteiger partial charge on any atom is 0.0644 e. The third-order valence-corrected chi connectivity index (χ3v) is 4.12. The fourth-order valence-corrected chi connectivity index (χ4v) is 2.85. The highest BCUT2D eigenvalue weighted by Gasteiger charge is 2.18. The van der Waals surface area contributed by atoms with Gasteiger partial charge in [-0.1, -0.05) is 23.7 Å². The molecule has 0 radical (unpaired) electrons. The molecule has 0 aliphatic rings. The van der Waals surface area contributed by atoms with Crippen LogP contribution in [0.4, 0.5) is 0 Å². The number of hydrogen-bond acceptors (Lipinski definition) is 2. The number of benzene rings is 1. The molecular formula is C16H22ClN3. The number of aromatic nitrogens is 2. The van der Waals surface area contributed by atoms with Crippen LogP contribution in [0.2, 0.25) is 5.02 Å². The van der Waals surface area contributed by atoms with Crippen molar-refractivity contribution in [2.45, 2.75) is 39.8 Å². The fourth-order valence-electron chi connectivity index (χ4n) is 2.72. The van der Waals surface area contributed by atoms with Gasteiger partial charge in [0.2, 0.25) is 0 Å². The molecule has 0 aliphatic carbocycles. The maximum absolute atomic E-state index is 5.93. The first-order valence-corrected chi connectivity index (χ1v) is 7.29. The molecule has 1 aromatic heterocycles. The van der Waals surface area contributed by atoms with Gasteiger partial charge in [0.25, 0.3) is 0 Å². The number of rotatable bonds is 4. The van der Waals surface area contributed by atoms with E-state index in [1.807, 2.05) is 23.9 Å². The summed E-state index contributed by atoms with van der Waals surface area (Å²) in [5.41, 5.74) is 4.83. The molecule has 1 aromatic carbocycles. The first-order chi connectivity index (χ1) is 9.40. The molecule has 2 atom stereocenters. The number of halogens is 1. The van der Waals surface area contributed by atoms with Gasteiger partial charge in [-0.2, -0.15) is 5.10 Å². The van der Waals surface area contributed by atoms with Crippen molar-refractivity contribution in [2.75, 3.05) is 0 Å². The maximum atomic E-state index is 5.93. The molecule has 2 aromatic rings. The number of nitrogens with one attached hydrogen (secondary N) is 1. The Morgan fingerprint density at radius 2 is 1.70 bits per heavy atom. The first-order valence-electron chi connectivity index (χ1n) is 6.91. The summed E-state index contributed by atoms with van der Waals surface area (Å²) in [4.78, 5) is 0. The van der Waals surface area contributed by atoms with E-state index >= 15 is 0 Å². The van der Waals surface area contributed by atoms with Gasteiger partial charge in [-0.3, -0.25) is 4.68 Å². The van der Waals surface area contributed by atoms with Crippen molar-refractivity contribution in [3.63, 3.8) is 0 Å². The van der Waals surface area contributed by atoms with Gasteiger partial charge in [-0.25, -0.2) is 0 Å². The van der Waals surface area contributed by atoms with Crippen molar-refractivity contribution in [3.05, 3.63) is 51.8 Å². The van der Waals surface area contributed by atoms with E-state index in [-0.39, 0.29) is 12.1 Å². The lowest BCUT2D eigenvalue weighted by atomic mass is 10.0. The molecular weight excluding hydrogens is 270 g/mol. The molecule has 0 amide bonds. The highest BCUT2D eigenvalue weighted by Crippen LogP contribution is 2.24. The van der Waals surface area contributed by atoms with Crippen molar-refractivity contribution in [1.82, 2.24) is 15.1 Å². The fraction of sp³-hybridized carbons (Fsp3) is 0.438. The summed E-state index contributed by atoms with van der Waals surface area (Å²) in [5.74, 6) is 0. The molecule has 0 saturated carbocycles.